The molecule has 0 fully saturated rings. The fourth-order valence-corrected chi connectivity index (χ4v) is 4.68. The first kappa shape index (κ1) is 25.1. The molecular formula is C29H29N3O3S. The molecule has 3 aromatic carbocycles. The van der Waals surface area contributed by atoms with Crippen molar-refractivity contribution in [2.24, 2.45) is 0 Å². The third kappa shape index (κ3) is 5.31. The summed E-state index contributed by atoms with van der Waals surface area (Å²) in [6.07, 6.45) is 0. The summed E-state index contributed by atoms with van der Waals surface area (Å²) in [4.78, 5) is 27.5. The lowest BCUT2D eigenvalue weighted by Gasteiger charge is -2.37. The van der Waals surface area contributed by atoms with Crippen LogP contribution < -0.4 is 10.6 Å². The maximum Gasteiger partial charge on any atom is 0.338 e. The quantitative estimate of drug-likeness (QED) is 0.321. The predicted octanol–water partition coefficient (Wildman–Crippen LogP) is 5.69. The molecule has 3 aromatic rings. The summed E-state index contributed by atoms with van der Waals surface area (Å²) < 4.78 is 5.33. The number of hydrogen-bond acceptors (Lipinski definition) is 4. The van der Waals surface area contributed by atoms with Gasteiger partial charge in [0, 0.05) is 23.5 Å². The van der Waals surface area contributed by atoms with E-state index in [0.717, 1.165) is 22.4 Å². The van der Waals surface area contributed by atoms with Crippen molar-refractivity contribution >= 4 is 34.9 Å². The van der Waals surface area contributed by atoms with Crippen LogP contribution >= 0.6 is 12.2 Å². The van der Waals surface area contributed by atoms with Gasteiger partial charge in [-0.05, 0) is 73.9 Å². The first-order valence-electron chi connectivity index (χ1n) is 12.0. The number of hydrogen-bond donors (Lipinski definition) is 2. The maximum atomic E-state index is 12.8. The van der Waals surface area contributed by atoms with E-state index in [1.54, 1.807) is 6.92 Å². The Balaban J connectivity index is 1.51. The van der Waals surface area contributed by atoms with E-state index in [-0.39, 0.29) is 18.5 Å². The summed E-state index contributed by atoms with van der Waals surface area (Å²) >= 11 is 5.53. The number of carbonyl (C=O) groups is 2. The van der Waals surface area contributed by atoms with Crippen LogP contribution in [0, 0.1) is 0 Å². The van der Waals surface area contributed by atoms with Crippen LogP contribution in [0.3, 0.4) is 0 Å². The predicted molar refractivity (Wildman–Crippen MR) is 146 cm³/mol. The minimum atomic E-state index is -0.436. The Hall–Kier alpha value is -3.97. The highest BCUT2D eigenvalue weighted by Crippen LogP contribution is 2.32. The molecule has 1 aliphatic rings. The van der Waals surface area contributed by atoms with E-state index < -0.39 is 6.04 Å². The fourth-order valence-electron chi connectivity index (χ4n) is 4.29. The number of nitrogens with one attached hydrogen (secondary N) is 2. The van der Waals surface area contributed by atoms with Gasteiger partial charge in [0.1, 0.15) is 0 Å². The summed E-state index contributed by atoms with van der Waals surface area (Å²) in [7, 11) is 0. The fraction of sp³-hybridized carbons (Fsp3) is 0.207. The highest BCUT2D eigenvalue weighted by Gasteiger charge is 2.34. The number of thiocarbonyl (C=S) groups is 1. The van der Waals surface area contributed by atoms with Crippen LogP contribution in [-0.4, -0.2) is 35.0 Å². The van der Waals surface area contributed by atoms with Gasteiger partial charge in [0.25, 0.3) is 5.91 Å². The Morgan fingerprint density at radius 2 is 1.58 bits per heavy atom. The number of rotatable bonds is 7. The van der Waals surface area contributed by atoms with Crippen molar-refractivity contribution in [1.82, 2.24) is 10.2 Å². The normalized spacial score (nSPS) is 15.4. The van der Waals surface area contributed by atoms with E-state index in [9.17, 15) is 9.59 Å². The summed E-state index contributed by atoms with van der Waals surface area (Å²) in [5, 5.41) is 6.77. The monoisotopic (exact) mass is 499 g/mol. The largest absolute Gasteiger partial charge is 0.463 e. The Labute approximate surface area is 217 Å². The molecule has 0 saturated heterocycles. The first-order valence-corrected chi connectivity index (χ1v) is 12.4. The van der Waals surface area contributed by atoms with Crippen molar-refractivity contribution in [3.05, 3.63) is 101 Å². The molecule has 184 valence electrons. The van der Waals surface area contributed by atoms with E-state index in [0.29, 0.717) is 28.5 Å². The molecule has 0 aliphatic carbocycles. The number of esters is 1. The van der Waals surface area contributed by atoms with Gasteiger partial charge in [0.05, 0.1) is 18.2 Å². The van der Waals surface area contributed by atoms with Crippen LogP contribution in [0.15, 0.2) is 90.1 Å². The standard InChI is InChI=1S/C29H29N3O3S/c1-4-32-19(3)25(28(34)35-5-2)26(31-29(32)36)22-15-17-24(18-16-22)30-27(33)23-13-11-21(12-14-23)20-9-7-6-8-10-20/h6-18,26H,4-5H2,1-3H3,(H,30,33)(H,31,36). The zero-order chi connectivity index (χ0) is 25.7. The molecule has 7 heteroatoms. The Morgan fingerprint density at radius 3 is 2.19 bits per heavy atom. The van der Waals surface area contributed by atoms with Gasteiger partial charge < -0.3 is 20.3 Å². The van der Waals surface area contributed by atoms with E-state index in [1.807, 2.05) is 97.6 Å². The van der Waals surface area contributed by atoms with Gasteiger partial charge >= 0.3 is 5.97 Å². The zero-order valence-electron chi connectivity index (χ0n) is 20.6. The molecule has 6 nitrogen and oxygen atoms in total. The molecule has 2 N–H and O–H groups in total. The van der Waals surface area contributed by atoms with Crippen molar-refractivity contribution < 1.29 is 14.3 Å². The van der Waals surface area contributed by atoms with E-state index >= 15 is 0 Å². The number of amides is 1. The summed E-state index contributed by atoms with van der Waals surface area (Å²) in [6, 6.07) is 24.5. The Bertz CT molecular complexity index is 1290. The summed E-state index contributed by atoms with van der Waals surface area (Å²) in [6.45, 7) is 6.58. The molecule has 1 heterocycles. The maximum absolute atomic E-state index is 12.8. The van der Waals surface area contributed by atoms with Crippen LogP contribution in [0.1, 0.15) is 42.7 Å². The van der Waals surface area contributed by atoms with E-state index in [4.69, 9.17) is 17.0 Å². The first-order chi connectivity index (χ1) is 17.4. The number of ether oxygens (including phenoxy) is 1. The lowest BCUT2D eigenvalue weighted by atomic mass is 9.95. The molecule has 36 heavy (non-hydrogen) atoms. The van der Waals surface area contributed by atoms with Crippen molar-refractivity contribution in [3.63, 3.8) is 0 Å². The van der Waals surface area contributed by atoms with Gasteiger partial charge in [-0.1, -0.05) is 54.6 Å². The Kier molecular flexibility index (Phi) is 7.80. The minimum absolute atomic E-state index is 0.194. The number of carbonyl (C=O) groups excluding carboxylic acids is 2. The minimum Gasteiger partial charge on any atom is -0.463 e. The van der Waals surface area contributed by atoms with Crippen LogP contribution in [0.25, 0.3) is 11.1 Å². The van der Waals surface area contributed by atoms with Gasteiger partial charge in [-0.15, -0.1) is 0 Å². The van der Waals surface area contributed by atoms with Crippen LogP contribution in [0.5, 0.6) is 0 Å². The molecule has 1 amide bonds. The van der Waals surface area contributed by atoms with E-state index in [1.165, 1.54) is 0 Å². The highest BCUT2D eigenvalue weighted by atomic mass is 32.1. The van der Waals surface area contributed by atoms with Gasteiger partial charge in [-0.25, -0.2) is 4.79 Å². The number of benzene rings is 3. The smallest absolute Gasteiger partial charge is 0.338 e. The van der Waals surface area contributed by atoms with Crippen LogP contribution in [-0.2, 0) is 9.53 Å². The summed E-state index contributed by atoms with van der Waals surface area (Å²) in [5.41, 5.74) is 5.54. The molecule has 0 radical (unpaired) electrons. The molecule has 0 saturated carbocycles. The molecule has 0 spiro atoms. The average Bonchev–Trinajstić information content (AvgIpc) is 2.89. The molecule has 1 unspecified atom stereocenters. The topological polar surface area (TPSA) is 70.7 Å². The van der Waals surface area contributed by atoms with Crippen molar-refractivity contribution in [2.75, 3.05) is 18.5 Å². The second-order valence-electron chi connectivity index (χ2n) is 8.37. The van der Waals surface area contributed by atoms with Gasteiger partial charge in [-0.3, -0.25) is 4.79 Å². The summed E-state index contributed by atoms with van der Waals surface area (Å²) in [5.74, 6) is -0.564. The molecule has 0 bridgehead atoms. The highest BCUT2D eigenvalue weighted by molar-refractivity contribution is 7.80. The second kappa shape index (κ2) is 11.2. The lowest BCUT2D eigenvalue weighted by molar-refractivity contribution is -0.139. The van der Waals surface area contributed by atoms with Crippen LogP contribution in [0.2, 0.25) is 0 Å². The number of anilines is 1. The second-order valence-corrected chi connectivity index (χ2v) is 8.75. The number of allylic oxidation sites excluding steroid dienone is 1. The molecule has 0 aromatic heterocycles. The molecular weight excluding hydrogens is 470 g/mol. The Morgan fingerprint density at radius 1 is 0.944 bits per heavy atom. The average molecular weight is 500 g/mol. The third-order valence-electron chi connectivity index (χ3n) is 6.16. The van der Waals surface area contributed by atoms with Crippen molar-refractivity contribution in [2.45, 2.75) is 26.8 Å². The molecule has 1 aliphatic heterocycles. The number of nitrogens with zero attached hydrogens (tertiary/aromatic N) is 1. The molecule has 1 atom stereocenters. The van der Waals surface area contributed by atoms with Gasteiger partial charge in [0.15, 0.2) is 5.11 Å². The van der Waals surface area contributed by atoms with Crippen molar-refractivity contribution in [1.29, 1.82) is 0 Å². The van der Waals surface area contributed by atoms with Gasteiger partial charge in [-0.2, -0.15) is 0 Å². The lowest BCUT2D eigenvalue weighted by Crippen LogP contribution is -2.47. The van der Waals surface area contributed by atoms with E-state index in [2.05, 4.69) is 10.6 Å². The molecule has 4 rings (SSSR count). The third-order valence-corrected chi connectivity index (χ3v) is 6.50. The van der Waals surface area contributed by atoms with Crippen molar-refractivity contribution in [3.8, 4) is 11.1 Å². The zero-order valence-corrected chi connectivity index (χ0v) is 21.4. The SMILES string of the molecule is CCOC(=O)C1=C(C)N(CC)C(=S)NC1c1ccc(NC(=O)c2ccc(-c3ccccc3)cc2)cc1. The van der Waals surface area contributed by atoms with Crippen LogP contribution in [0.4, 0.5) is 5.69 Å². The van der Waals surface area contributed by atoms with Gasteiger partial charge in [0.2, 0.25) is 0 Å².